The molecule has 0 aliphatic carbocycles. The molecule has 1 unspecified atom stereocenters. The molecule has 3 nitrogen and oxygen atoms in total. The summed E-state index contributed by atoms with van der Waals surface area (Å²) in [6.07, 6.45) is 21.1. The molecule has 0 aromatic carbocycles. The van der Waals surface area contributed by atoms with Crippen molar-refractivity contribution in [1.29, 1.82) is 0 Å². The Balaban J connectivity index is 3.03. The molecule has 0 bridgehead atoms. The van der Waals surface area contributed by atoms with Crippen molar-refractivity contribution in [3.8, 4) is 0 Å². The Morgan fingerprint density at radius 2 is 1.00 bits per heavy atom. The third-order valence-corrected chi connectivity index (χ3v) is 4.98. The Morgan fingerprint density at radius 1 is 0.696 bits per heavy atom. The van der Waals surface area contributed by atoms with Crippen molar-refractivity contribution in [2.75, 3.05) is 6.61 Å². The van der Waals surface area contributed by atoms with E-state index in [1.807, 2.05) is 0 Å². The van der Waals surface area contributed by atoms with E-state index in [2.05, 4.69) is 22.3 Å². The molecule has 1 N–H and O–H groups in total. The topological polar surface area (TPSA) is 46.5 Å². The molecule has 140 valence electrons. The van der Waals surface area contributed by atoms with Crippen molar-refractivity contribution in [3.05, 3.63) is 0 Å². The lowest BCUT2D eigenvalue weighted by Crippen LogP contribution is -2.03. The standard InChI is InChI=1S/C18H38O3S2/c1-2-3-4-5-6-7-8-9-10-11-12-13-14-15-16-17-18-21-23(19,20)22/h2-18H2,1H3,(H,19,20,22). The van der Waals surface area contributed by atoms with Gasteiger partial charge >= 0.3 is 0 Å². The van der Waals surface area contributed by atoms with Gasteiger partial charge in [0, 0.05) is 11.2 Å². The Hall–Kier alpha value is 0.290. The van der Waals surface area contributed by atoms with Gasteiger partial charge in [0.15, 0.2) is 0 Å². The quantitative estimate of drug-likeness (QED) is 0.285. The maximum atomic E-state index is 10.7. The van der Waals surface area contributed by atoms with Crippen LogP contribution < -0.4 is 0 Å². The molecule has 0 amide bonds. The molecule has 0 heterocycles. The van der Waals surface area contributed by atoms with E-state index in [1.165, 1.54) is 89.9 Å². The second-order valence-electron chi connectivity index (χ2n) is 6.55. The average Bonchev–Trinajstić information content (AvgIpc) is 2.49. The average molecular weight is 367 g/mol. The van der Waals surface area contributed by atoms with Crippen molar-refractivity contribution in [1.82, 2.24) is 0 Å². The van der Waals surface area contributed by atoms with E-state index in [9.17, 15) is 4.21 Å². The second-order valence-corrected chi connectivity index (χ2v) is 8.91. The van der Waals surface area contributed by atoms with Crippen LogP contribution in [0.15, 0.2) is 0 Å². The first kappa shape index (κ1) is 23.3. The van der Waals surface area contributed by atoms with Crippen molar-refractivity contribution in [2.24, 2.45) is 0 Å². The molecule has 0 aromatic heterocycles. The van der Waals surface area contributed by atoms with Crippen molar-refractivity contribution in [3.63, 3.8) is 0 Å². The van der Waals surface area contributed by atoms with Gasteiger partial charge in [0.2, 0.25) is 0 Å². The largest absolute Gasteiger partial charge is 0.285 e. The van der Waals surface area contributed by atoms with E-state index in [0.717, 1.165) is 12.8 Å². The molecular weight excluding hydrogens is 328 g/mol. The molecule has 23 heavy (non-hydrogen) atoms. The van der Waals surface area contributed by atoms with Gasteiger partial charge in [-0.05, 0) is 6.42 Å². The maximum Gasteiger partial charge on any atom is 0.266 e. The third kappa shape index (κ3) is 22.3. The monoisotopic (exact) mass is 366 g/mol. The lowest BCUT2D eigenvalue weighted by atomic mass is 10.0. The molecule has 0 saturated heterocycles. The van der Waals surface area contributed by atoms with Crippen LogP contribution in [0.3, 0.4) is 0 Å². The molecule has 5 heteroatoms. The fourth-order valence-electron chi connectivity index (χ4n) is 2.81. The highest BCUT2D eigenvalue weighted by atomic mass is 32.9. The van der Waals surface area contributed by atoms with E-state index in [1.54, 1.807) is 0 Å². The summed E-state index contributed by atoms with van der Waals surface area (Å²) in [5.41, 5.74) is 0. The van der Waals surface area contributed by atoms with Gasteiger partial charge in [0.1, 0.15) is 0 Å². The van der Waals surface area contributed by atoms with Gasteiger partial charge in [-0.1, -0.05) is 103 Å². The summed E-state index contributed by atoms with van der Waals surface area (Å²) in [7, 11) is -3.41. The van der Waals surface area contributed by atoms with Crippen LogP contribution in [-0.2, 0) is 24.4 Å². The maximum absolute atomic E-state index is 10.7. The molecule has 0 spiro atoms. The van der Waals surface area contributed by atoms with Crippen LogP contribution in [0, 0.1) is 0 Å². The fraction of sp³-hybridized carbons (Fsp3) is 1.00. The number of hydrogen-bond acceptors (Lipinski definition) is 3. The molecule has 0 aliphatic heterocycles. The van der Waals surface area contributed by atoms with E-state index in [-0.39, 0.29) is 0 Å². The van der Waals surface area contributed by atoms with Gasteiger partial charge in [0.25, 0.3) is 9.05 Å². The Kier molecular flexibility index (Phi) is 17.3. The van der Waals surface area contributed by atoms with Gasteiger partial charge in [-0.25, -0.2) is 0 Å². The summed E-state index contributed by atoms with van der Waals surface area (Å²) in [6, 6.07) is 0. The third-order valence-electron chi connectivity index (χ3n) is 4.23. The zero-order valence-corrected chi connectivity index (χ0v) is 16.7. The lowest BCUT2D eigenvalue weighted by molar-refractivity contribution is 0.294. The summed E-state index contributed by atoms with van der Waals surface area (Å²) in [6.45, 7) is 2.57. The van der Waals surface area contributed by atoms with E-state index >= 15 is 0 Å². The lowest BCUT2D eigenvalue weighted by Gasteiger charge is -2.04. The summed E-state index contributed by atoms with van der Waals surface area (Å²) in [5.74, 6) is 0. The number of unbranched alkanes of at least 4 members (excludes halogenated alkanes) is 15. The van der Waals surface area contributed by atoms with Crippen LogP contribution in [0.5, 0.6) is 0 Å². The molecule has 0 radical (unpaired) electrons. The zero-order chi connectivity index (χ0) is 17.2. The van der Waals surface area contributed by atoms with E-state index in [0.29, 0.717) is 6.61 Å². The van der Waals surface area contributed by atoms with E-state index < -0.39 is 9.05 Å². The van der Waals surface area contributed by atoms with Crippen LogP contribution in [-0.4, -0.2) is 15.4 Å². The first-order valence-corrected chi connectivity index (χ1v) is 12.0. The van der Waals surface area contributed by atoms with Crippen molar-refractivity contribution >= 4 is 20.2 Å². The number of rotatable bonds is 18. The first-order chi connectivity index (χ1) is 11.1. The molecular formula is C18H38O3S2. The van der Waals surface area contributed by atoms with Crippen LogP contribution in [0.1, 0.15) is 110 Å². The minimum absolute atomic E-state index is 0.303. The summed E-state index contributed by atoms with van der Waals surface area (Å²) in [5, 5.41) is 0. The Labute approximate surface area is 149 Å². The minimum Gasteiger partial charge on any atom is -0.285 e. The van der Waals surface area contributed by atoms with Crippen molar-refractivity contribution in [2.45, 2.75) is 110 Å². The van der Waals surface area contributed by atoms with Crippen LogP contribution in [0.4, 0.5) is 0 Å². The van der Waals surface area contributed by atoms with Gasteiger partial charge in [0.05, 0.1) is 6.61 Å². The SMILES string of the molecule is CCCCCCCCCCCCCCCCCCOS(=O)(O)=S. The Bertz CT molecular complexity index is 329. The van der Waals surface area contributed by atoms with Crippen LogP contribution in [0.2, 0.25) is 0 Å². The van der Waals surface area contributed by atoms with Gasteiger partial charge in [-0.2, -0.15) is 4.21 Å². The molecule has 0 aliphatic rings. The highest BCUT2D eigenvalue weighted by molar-refractivity contribution is 8.27. The second kappa shape index (κ2) is 17.1. The normalized spacial score (nSPS) is 14.0. The van der Waals surface area contributed by atoms with Gasteiger partial charge in [-0.3, -0.25) is 8.74 Å². The Morgan fingerprint density at radius 3 is 1.30 bits per heavy atom. The summed E-state index contributed by atoms with van der Waals surface area (Å²) < 4.78 is 24.1. The number of hydrogen-bond donors (Lipinski definition) is 1. The highest BCUT2D eigenvalue weighted by Crippen LogP contribution is 2.13. The van der Waals surface area contributed by atoms with Crippen LogP contribution in [0.25, 0.3) is 0 Å². The molecule has 0 saturated carbocycles. The minimum atomic E-state index is -3.41. The summed E-state index contributed by atoms with van der Waals surface area (Å²) >= 11 is 4.26. The predicted octanol–water partition coefficient (Wildman–Crippen LogP) is 6.40. The van der Waals surface area contributed by atoms with Gasteiger partial charge in [-0.15, -0.1) is 0 Å². The predicted molar refractivity (Wildman–Crippen MR) is 104 cm³/mol. The molecule has 1 atom stereocenters. The van der Waals surface area contributed by atoms with Gasteiger partial charge < -0.3 is 0 Å². The smallest absolute Gasteiger partial charge is 0.266 e. The molecule has 0 aromatic rings. The molecule has 0 fully saturated rings. The van der Waals surface area contributed by atoms with Crippen LogP contribution >= 0.6 is 0 Å². The molecule has 0 rings (SSSR count). The zero-order valence-electron chi connectivity index (χ0n) is 15.1. The summed E-state index contributed by atoms with van der Waals surface area (Å²) in [4.78, 5) is 0. The van der Waals surface area contributed by atoms with E-state index in [4.69, 9.17) is 4.55 Å². The fourth-order valence-corrected chi connectivity index (χ4v) is 3.35. The van der Waals surface area contributed by atoms with Crippen molar-refractivity contribution < 1.29 is 12.9 Å². The first-order valence-electron chi connectivity index (χ1n) is 9.68. The highest BCUT2D eigenvalue weighted by Gasteiger charge is 1.99.